The van der Waals surface area contributed by atoms with Gasteiger partial charge in [0.25, 0.3) is 5.91 Å². The number of carbonyl (C=O) groups excluding carboxylic acids is 1. The van der Waals surface area contributed by atoms with Gasteiger partial charge in [-0.05, 0) is 61.1 Å². The van der Waals surface area contributed by atoms with Crippen LogP contribution < -0.4 is 15.1 Å². The van der Waals surface area contributed by atoms with Crippen molar-refractivity contribution < 1.29 is 19.0 Å². The van der Waals surface area contributed by atoms with Gasteiger partial charge in [0, 0.05) is 18.7 Å². The molecular formula is C25H29FN4O3. The van der Waals surface area contributed by atoms with Gasteiger partial charge in [0.05, 0.1) is 12.3 Å². The number of carbonyl (C=O) groups is 1. The van der Waals surface area contributed by atoms with E-state index in [2.05, 4.69) is 28.4 Å². The number of fused-ring (bicyclic) bond motifs is 3. The Balaban J connectivity index is 1.64. The number of anilines is 1. The number of nitrogens with one attached hydrogen (secondary N) is 1. The molecule has 3 heterocycles. The van der Waals surface area contributed by atoms with Crippen LogP contribution in [-0.2, 0) is 4.79 Å². The van der Waals surface area contributed by atoms with Crippen LogP contribution in [-0.4, -0.2) is 60.6 Å². The monoisotopic (exact) mass is 452 g/mol. The molecule has 0 radical (unpaired) electrons. The fraction of sp³-hybridized carbons (Fsp3) is 0.440. The minimum Gasteiger partial charge on any atom is -0.483 e. The van der Waals surface area contributed by atoms with E-state index < -0.39 is 6.04 Å². The average molecular weight is 453 g/mol. The Hall–Kier alpha value is -2.97. The molecule has 3 atom stereocenters. The van der Waals surface area contributed by atoms with Crippen molar-refractivity contribution in [2.75, 3.05) is 37.7 Å². The molecule has 3 aliphatic heterocycles. The quantitative estimate of drug-likeness (QED) is 0.746. The SMILES string of the molecule is C[C@@H]1CN(CCO)CC[C@@H]1c1cc2c(cc1-c1ccccc1F)OCC1=NNC(=O)[C@@H](C)N12. The summed E-state index contributed by atoms with van der Waals surface area (Å²) in [4.78, 5) is 16.6. The molecular weight excluding hydrogens is 423 g/mol. The number of benzene rings is 2. The molecule has 2 aromatic rings. The molecule has 5 rings (SSSR count). The zero-order valence-corrected chi connectivity index (χ0v) is 18.9. The number of hydrogen-bond donors (Lipinski definition) is 2. The first-order chi connectivity index (χ1) is 16.0. The number of amides is 1. The van der Waals surface area contributed by atoms with Crippen LogP contribution >= 0.6 is 0 Å². The highest BCUT2D eigenvalue weighted by Gasteiger charge is 2.37. The van der Waals surface area contributed by atoms with Crippen LogP contribution in [0.1, 0.15) is 31.7 Å². The van der Waals surface area contributed by atoms with Gasteiger partial charge in [-0.2, -0.15) is 5.10 Å². The molecule has 2 aromatic carbocycles. The molecule has 1 fully saturated rings. The third-order valence-corrected chi connectivity index (χ3v) is 7.06. The normalized spacial score (nSPS) is 25.0. The van der Waals surface area contributed by atoms with Gasteiger partial charge < -0.3 is 19.6 Å². The van der Waals surface area contributed by atoms with E-state index in [0.29, 0.717) is 29.6 Å². The van der Waals surface area contributed by atoms with Gasteiger partial charge in [-0.1, -0.05) is 25.1 Å². The van der Waals surface area contributed by atoms with E-state index in [1.807, 2.05) is 24.0 Å². The fourth-order valence-electron chi connectivity index (χ4n) is 5.35. The Labute approximate surface area is 192 Å². The molecule has 1 amide bonds. The lowest BCUT2D eigenvalue weighted by Crippen LogP contribution is -2.55. The first kappa shape index (κ1) is 21.9. The summed E-state index contributed by atoms with van der Waals surface area (Å²) in [6.07, 6.45) is 0.902. The summed E-state index contributed by atoms with van der Waals surface area (Å²) in [6.45, 7) is 6.84. The average Bonchev–Trinajstić information content (AvgIpc) is 2.81. The van der Waals surface area contributed by atoms with Crippen LogP contribution in [0.4, 0.5) is 10.1 Å². The summed E-state index contributed by atoms with van der Waals surface area (Å²) in [6, 6.07) is 10.4. The molecule has 0 unspecified atom stereocenters. The van der Waals surface area contributed by atoms with E-state index in [-0.39, 0.29) is 30.9 Å². The van der Waals surface area contributed by atoms with E-state index in [0.717, 1.165) is 36.3 Å². The lowest BCUT2D eigenvalue weighted by molar-refractivity contribution is -0.122. The van der Waals surface area contributed by atoms with E-state index in [4.69, 9.17) is 4.74 Å². The number of piperidine rings is 1. The van der Waals surface area contributed by atoms with Crippen molar-refractivity contribution in [2.45, 2.75) is 32.2 Å². The topological polar surface area (TPSA) is 77.4 Å². The molecule has 3 aliphatic rings. The summed E-state index contributed by atoms with van der Waals surface area (Å²) >= 11 is 0. The van der Waals surface area contributed by atoms with Gasteiger partial charge in [0.1, 0.15) is 24.2 Å². The zero-order valence-electron chi connectivity index (χ0n) is 18.9. The number of aliphatic hydroxyl groups is 1. The van der Waals surface area contributed by atoms with Gasteiger partial charge in [-0.25, -0.2) is 9.82 Å². The van der Waals surface area contributed by atoms with Crippen LogP contribution in [0.25, 0.3) is 11.1 Å². The largest absolute Gasteiger partial charge is 0.483 e. The van der Waals surface area contributed by atoms with Gasteiger partial charge >= 0.3 is 0 Å². The highest BCUT2D eigenvalue weighted by molar-refractivity contribution is 6.09. The standard InChI is InChI=1S/C25H29FN4O3/c1-15-13-29(9-10-31)8-7-17(15)19-11-22-23(12-20(19)18-5-3-4-6-21(18)26)33-14-24-27-28-25(32)16(2)30(22)24/h3-6,11-12,15-17,31H,7-10,13-14H2,1-2H3,(H,28,32)/t15-,16-,17+/m1/s1. The number of amidine groups is 1. The molecule has 1 saturated heterocycles. The third-order valence-electron chi connectivity index (χ3n) is 7.06. The number of hydrogen-bond acceptors (Lipinski definition) is 6. The molecule has 0 saturated carbocycles. The van der Waals surface area contributed by atoms with Crippen molar-refractivity contribution in [2.24, 2.45) is 11.0 Å². The van der Waals surface area contributed by atoms with Crippen LogP contribution in [0.5, 0.6) is 5.75 Å². The van der Waals surface area contributed by atoms with Crippen molar-refractivity contribution in [1.29, 1.82) is 0 Å². The minimum absolute atomic E-state index is 0.144. The van der Waals surface area contributed by atoms with Crippen molar-refractivity contribution in [3.05, 3.63) is 47.8 Å². The maximum atomic E-state index is 14.9. The van der Waals surface area contributed by atoms with Crippen LogP contribution in [0.3, 0.4) is 0 Å². The van der Waals surface area contributed by atoms with Crippen LogP contribution in [0.2, 0.25) is 0 Å². The Morgan fingerprint density at radius 1 is 1.24 bits per heavy atom. The van der Waals surface area contributed by atoms with E-state index in [9.17, 15) is 14.3 Å². The highest BCUT2D eigenvalue weighted by atomic mass is 19.1. The molecule has 7 nitrogen and oxygen atoms in total. The van der Waals surface area contributed by atoms with Crippen molar-refractivity contribution in [3.63, 3.8) is 0 Å². The predicted octanol–water partition coefficient (Wildman–Crippen LogP) is 2.94. The van der Waals surface area contributed by atoms with Gasteiger partial charge in [0.2, 0.25) is 0 Å². The summed E-state index contributed by atoms with van der Waals surface area (Å²) in [5, 5.41) is 13.5. The Morgan fingerprint density at radius 3 is 2.82 bits per heavy atom. The van der Waals surface area contributed by atoms with Gasteiger partial charge in [-0.3, -0.25) is 4.79 Å². The summed E-state index contributed by atoms with van der Waals surface area (Å²) < 4.78 is 21.0. The summed E-state index contributed by atoms with van der Waals surface area (Å²) in [5.41, 5.74) is 5.78. The van der Waals surface area contributed by atoms with Crippen LogP contribution in [0.15, 0.2) is 41.5 Å². The Kier molecular flexibility index (Phi) is 5.80. The van der Waals surface area contributed by atoms with E-state index >= 15 is 0 Å². The smallest absolute Gasteiger partial charge is 0.262 e. The van der Waals surface area contributed by atoms with E-state index in [1.54, 1.807) is 12.1 Å². The molecule has 2 N–H and O–H groups in total. The van der Waals surface area contributed by atoms with E-state index in [1.165, 1.54) is 6.07 Å². The molecule has 0 aliphatic carbocycles. The van der Waals surface area contributed by atoms with Crippen LogP contribution in [0, 0.1) is 11.7 Å². The number of nitrogens with zero attached hydrogens (tertiary/aromatic N) is 3. The number of likely N-dealkylation sites (tertiary alicyclic amines) is 1. The van der Waals surface area contributed by atoms with Gasteiger partial charge in [-0.15, -0.1) is 0 Å². The second-order valence-electron chi connectivity index (χ2n) is 9.12. The lowest BCUT2D eigenvalue weighted by atomic mass is 9.78. The second-order valence-corrected chi connectivity index (χ2v) is 9.12. The molecule has 0 aromatic heterocycles. The minimum atomic E-state index is -0.420. The number of β-amino-alcohol motifs (C(OH)–C–C–N with tert-alkyl or cyclic N) is 1. The number of hydrazone groups is 1. The Bertz CT molecular complexity index is 1110. The molecule has 0 spiro atoms. The van der Waals surface area contributed by atoms with Crippen molar-refractivity contribution in [3.8, 4) is 16.9 Å². The predicted molar refractivity (Wildman–Crippen MR) is 125 cm³/mol. The zero-order chi connectivity index (χ0) is 23.1. The third kappa shape index (κ3) is 3.87. The summed E-state index contributed by atoms with van der Waals surface area (Å²) in [7, 11) is 0. The number of rotatable bonds is 4. The molecule has 8 heteroatoms. The molecule has 33 heavy (non-hydrogen) atoms. The first-order valence-electron chi connectivity index (χ1n) is 11.5. The maximum Gasteiger partial charge on any atom is 0.262 e. The molecule has 0 bridgehead atoms. The van der Waals surface area contributed by atoms with Crippen molar-refractivity contribution >= 4 is 17.4 Å². The van der Waals surface area contributed by atoms with Gasteiger partial charge in [0.15, 0.2) is 5.84 Å². The number of ether oxygens (including phenoxy) is 1. The summed E-state index contributed by atoms with van der Waals surface area (Å²) in [5.74, 6) is 1.36. The second kappa shape index (κ2) is 8.76. The number of halogens is 1. The number of aliphatic hydroxyl groups excluding tert-OH is 1. The maximum absolute atomic E-state index is 14.9. The fourth-order valence-corrected chi connectivity index (χ4v) is 5.35. The molecule has 174 valence electrons. The van der Waals surface area contributed by atoms with Crippen molar-refractivity contribution in [1.82, 2.24) is 10.3 Å². The highest BCUT2D eigenvalue weighted by Crippen LogP contribution is 2.46. The Morgan fingerprint density at radius 2 is 2.06 bits per heavy atom. The first-order valence-corrected chi connectivity index (χ1v) is 11.5. The lowest BCUT2D eigenvalue weighted by Gasteiger charge is -2.41.